The molecule has 1 saturated carbocycles. The van der Waals surface area contributed by atoms with Gasteiger partial charge in [0.05, 0.1) is 0 Å². The number of benzene rings is 2. The van der Waals surface area contributed by atoms with Crippen molar-refractivity contribution in [1.29, 1.82) is 0 Å². The van der Waals surface area contributed by atoms with Crippen LogP contribution in [0.3, 0.4) is 0 Å². The fraction of sp³-hybridized carbons (Fsp3) is 0.556. The van der Waals surface area contributed by atoms with Gasteiger partial charge in [0.15, 0.2) is 11.6 Å². The Morgan fingerprint density at radius 2 is 1.50 bits per heavy atom. The molecule has 0 aromatic heterocycles. The Bertz CT molecular complexity index is 908. The normalized spacial score (nSPS) is 18.8. The van der Waals surface area contributed by atoms with Crippen LogP contribution in [0.5, 0.6) is 5.75 Å². The first-order chi connectivity index (χ1) is 16.2. The molecule has 0 atom stereocenters. The van der Waals surface area contributed by atoms with Crippen LogP contribution in [-0.2, 0) is 12.8 Å². The quantitative estimate of drug-likeness (QED) is 0.240. The molecule has 0 heterocycles. The van der Waals surface area contributed by atoms with Crippen LogP contribution >= 0.6 is 0 Å². The van der Waals surface area contributed by atoms with Crippen molar-refractivity contribution in [2.45, 2.75) is 89.8 Å². The van der Waals surface area contributed by atoms with Crippen molar-refractivity contribution in [3.8, 4) is 5.75 Å². The summed E-state index contributed by atoms with van der Waals surface area (Å²) in [6.07, 6.45) is 5.93. The Labute approximate surface area is 197 Å². The molecule has 0 radical (unpaired) electrons. The van der Waals surface area contributed by atoms with Gasteiger partial charge in [0, 0.05) is 0 Å². The molecule has 3 rings (SSSR count). The molecule has 0 unspecified atom stereocenters. The summed E-state index contributed by atoms with van der Waals surface area (Å²) in [5.41, 5.74) is 1.52. The molecule has 0 aliphatic heterocycles. The highest BCUT2D eigenvalue weighted by molar-refractivity contribution is 5.33. The number of alkyl halides is 3. The van der Waals surface area contributed by atoms with Crippen LogP contribution in [0.15, 0.2) is 30.3 Å². The van der Waals surface area contributed by atoms with Crippen LogP contribution < -0.4 is 4.74 Å². The molecule has 0 amide bonds. The number of ether oxygens (including phenoxy) is 1. The van der Waals surface area contributed by atoms with E-state index in [1.807, 2.05) is 6.07 Å². The minimum atomic E-state index is -5.19. The second-order valence-corrected chi connectivity index (χ2v) is 9.35. The number of aryl methyl sites for hydroxylation is 2. The maximum atomic E-state index is 14.7. The van der Waals surface area contributed by atoms with Gasteiger partial charge in [-0.3, -0.25) is 0 Å². The second-order valence-electron chi connectivity index (χ2n) is 9.35. The van der Waals surface area contributed by atoms with Gasteiger partial charge in [-0.1, -0.05) is 51.2 Å². The van der Waals surface area contributed by atoms with Gasteiger partial charge in [-0.2, -0.15) is 0 Å². The van der Waals surface area contributed by atoms with Gasteiger partial charge in [-0.25, -0.2) is 13.2 Å². The van der Waals surface area contributed by atoms with Crippen molar-refractivity contribution in [2.24, 2.45) is 5.92 Å². The molecule has 0 spiro atoms. The third kappa shape index (κ3) is 7.67. The van der Waals surface area contributed by atoms with E-state index in [9.17, 15) is 26.3 Å². The van der Waals surface area contributed by atoms with Crippen LogP contribution in [0.2, 0.25) is 0 Å². The zero-order chi connectivity index (χ0) is 24.7. The zero-order valence-corrected chi connectivity index (χ0v) is 19.5. The van der Waals surface area contributed by atoms with Gasteiger partial charge in [-0.05, 0) is 85.3 Å². The Balaban J connectivity index is 1.54. The fourth-order valence-corrected chi connectivity index (χ4v) is 4.91. The molecule has 0 N–H and O–H groups in total. The van der Waals surface area contributed by atoms with Crippen LogP contribution in [0.25, 0.3) is 0 Å². The minimum absolute atomic E-state index is 0.0829. The molecule has 1 nitrogen and oxygen atoms in total. The Morgan fingerprint density at radius 1 is 0.824 bits per heavy atom. The summed E-state index contributed by atoms with van der Waals surface area (Å²) in [6.45, 7) is 2.21. The van der Waals surface area contributed by atoms with E-state index in [1.54, 1.807) is 12.1 Å². The number of halogens is 6. The fourth-order valence-electron chi connectivity index (χ4n) is 4.91. The highest BCUT2D eigenvalue weighted by Crippen LogP contribution is 2.38. The molecule has 2 aromatic rings. The highest BCUT2D eigenvalue weighted by atomic mass is 19.4. The van der Waals surface area contributed by atoms with E-state index >= 15 is 0 Å². The smallest absolute Gasteiger partial charge is 0.399 e. The van der Waals surface area contributed by atoms with Crippen molar-refractivity contribution in [3.05, 3.63) is 64.5 Å². The van der Waals surface area contributed by atoms with E-state index in [1.165, 1.54) is 44.9 Å². The first kappa shape index (κ1) is 26.4. The third-order valence-electron chi connectivity index (χ3n) is 6.82. The van der Waals surface area contributed by atoms with Crippen molar-refractivity contribution < 1.29 is 31.1 Å². The van der Waals surface area contributed by atoms with Gasteiger partial charge in [0.2, 0.25) is 5.75 Å². The van der Waals surface area contributed by atoms with Gasteiger partial charge < -0.3 is 4.74 Å². The van der Waals surface area contributed by atoms with Crippen molar-refractivity contribution in [3.63, 3.8) is 0 Å². The van der Waals surface area contributed by atoms with E-state index in [0.717, 1.165) is 36.5 Å². The number of hydrogen-bond acceptors (Lipinski definition) is 1. The highest BCUT2D eigenvalue weighted by Gasteiger charge is 2.34. The van der Waals surface area contributed by atoms with E-state index < -0.39 is 23.7 Å². The molecule has 0 saturated heterocycles. The predicted molar refractivity (Wildman–Crippen MR) is 120 cm³/mol. The molecule has 2 aromatic carbocycles. The monoisotopic (exact) mass is 486 g/mol. The Hall–Kier alpha value is -2.18. The first-order valence-electron chi connectivity index (χ1n) is 12.2. The average molecular weight is 487 g/mol. The maximum Gasteiger partial charge on any atom is 0.573 e. The molecular weight excluding hydrogens is 454 g/mol. The van der Waals surface area contributed by atoms with Gasteiger partial charge in [0.25, 0.3) is 0 Å². The molecule has 0 bridgehead atoms. The van der Waals surface area contributed by atoms with Crippen molar-refractivity contribution in [2.75, 3.05) is 0 Å². The topological polar surface area (TPSA) is 9.23 Å². The molecule has 7 heteroatoms. The molecular formula is C27H32F6O. The van der Waals surface area contributed by atoms with Crippen LogP contribution in [0.1, 0.15) is 87.3 Å². The minimum Gasteiger partial charge on any atom is -0.399 e. The summed E-state index contributed by atoms with van der Waals surface area (Å²) in [5.74, 6) is -3.61. The zero-order valence-electron chi connectivity index (χ0n) is 19.5. The molecule has 1 fully saturated rings. The lowest BCUT2D eigenvalue weighted by molar-refractivity contribution is -0.276. The average Bonchev–Trinajstić information content (AvgIpc) is 2.78. The van der Waals surface area contributed by atoms with Crippen LogP contribution in [0.4, 0.5) is 26.3 Å². The summed E-state index contributed by atoms with van der Waals surface area (Å²) in [7, 11) is 0. The van der Waals surface area contributed by atoms with E-state index in [0.29, 0.717) is 11.5 Å². The molecule has 34 heavy (non-hydrogen) atoms. The summed E-state index contributed by atoms with van der Waals surface area (Å²) in [6, 6.07) is 6.76. The lowest BCUT2D eigenvalue weighted by Crippen LogP contribution is -2.19. The summed E-state index contributed by atoms with van der Waals surface area (Å²) in [5, 5.41) is 0. The van der Waals surface area contributed by atoms with Crippen molar-refractivity contribution >= 4 is 0 Å². The maximum absolute atomic E-state index is 14.7. The van der Waals surface area contributed by atoms with E-state index in [-0.39, 0.29) is 24.2 Å². The second kappa shape index (κ2) is 12.0. The molecule has 1 aliphatic rings. The number of rotatable bonds is 10. The number of unbranched alkanes of at least 4 members (excludes halogenated alkanes) is 3. The van der Waals surface area contributed by atoms with Crippen LogP contribution in [0, 0.1) is 23.4 Å². The van der Waals surface area contributed by atoms with Crippen molar-refractivity contribution in [1.82, 2.24) is 0 Å². The lowest BCUT2D eigenvalue weighted by Gasteiger charge is -2.29. The van der Waals surface area contributed by atoms with Gasteiger partial charge in [0.1, 0.15) is 5.82 Å². The van der Waals surface area contributed by atoms with Gasteiger partial charge >= 0.3 is 6.36 Å². The number of hydrogen-bond donors (Lipinski definition) is 0. The SMILES string of the molecule is CCCCCCC1CCC(c2ccc(CCc3cc(F)c(OC(F)(F)F)c(F)c3)c(F)c2)CC1. The van der Waals surface area contributed by atoms with E-state index in [4.69, 9.17) is 0 Å². The molecule has 1 aliphatic carbocycles. The standard InChI is InChI=1S/C27H32F6O/c1-2-3-4-5-6-18-7-10-20(11-8-18)22-14-13-21(23(28)17-22)12-9-19-15-24(29)26(25(30)16-19)34-27(31,32)33/h13-18,20H,2-12H2,1H3. The predicted octanol–water partition coefficient (Wildman–Crippen LogP) is 9.03. The molecule has 188 valence electrons. The van der Waals surface area contributed by atoms with Gasteiger partial charge in [-0.15, -0.1) is 13.2 Å². The summed E-state index contributed by atoms with van der Waals surface area (Å²) >= 11 is 0. The summed E-state index contributed by atoms with van der Waals surface area (Å²) < 4.78 is 82.8. The largest absolute Gasteiger partial charge is 0.573 e. The van der Waals surface area contributed by atoms with E-state index in [2.05, 4.69) is 11.7 Å². The van der Waals surface area contributed by atoms with Crippen LogP contribution in [-0.4, -0.2) is 6.36 Å². The Kier molecular flexibility index (Phi) is 9.31. The third-order valence-corrected chi connectivity index (χ3v) is 6.82. The summed E-state index contributed by atoms with van der Waals surface area (Å²) in [4.78, 5) is 0. The Morgan fingerprint density at radius 3 is 2.09 bits per heavy atom. The first-order valence-corrected chi connectivity index (χ1v) is 12.2. The lowest BCUT2D eigenvalue weighted by atomic mass is 9.77.